The molecule has 0 radical (unpaired) electrons. The maximum Gasteiger partial charge on any atom is 0.248 e. The zero-order valence-corrected chi connectivity index (χ0v) is 19.0. The first kappa shape index (κ1) is 22.3. The summed E-state index contributed by atoms with van der Waals surface area (Å²) in [6.45, 7) is 11.2. The number of para-hydroxylation sites is 1. The highest BCUT2D eigenvalue weighted by molar-refractivity contribution is 7.70. The second-order valence-corrected chi connectivity index (χ2v) is 11.5. The SMILES string of the molecule is C=C(C(N)=O)c1ccccc1OC(C)(c1ccccc1P(C)(C)=O)N1CCCCC1. The molecule has 2 aromatic carbocycles. The molecule has 1 heterocycles. The van der Waals surface area contributed by atoms with Crippen molar-refractivity contribution in [2.24, 2.45) is 5.73 Å². The molecule has 30 heavy (non-hydrogen) atoms. The van der Waals surface area contributed by atoms with Gasteiger partial charge in [-0.2, -0.15) is 0 Å². The molecule has 5 nitrogen and oxygen atoms in total. The van der Waals surface area contributed by atoms with Gasteiger partial charge in [0.2, 0.25) is 5.91 Å². The highest BCUT2D eigenvalue weighted by Crippen LogP contribution is 2.42. The van der Waals surface area contributed by atoms with Crippen LogP contribution in [0.3, 0.4) is 0 Å². The standard InChI is InChI=1S/C24H31N2O3P/c1-18(23(25)27)19-12-6-8-14-21(19)29-24(2,26-16-10-5-11-17-26)20-13-7-9-15-22(20)30(3,4)28/h6-9,12-15H,1,5,10-11,16-17H2,2-4H3,(H2,25,27). The number of primary amides is 1. The molecule has 1 aliphatic heterocycles. The summed E-state index contributed by atoms with van der Waals surface area (Å²) in [5.41, 5.74) is 6.30. The minimum absolute atomic E-state index is 0.205. The normalized spacial score (nSPS) is 17.2. The van der Waals surface area contributed by atoms with Crippen molar-refractivity contribution >= 4 is 23.9 Å². The van der Waals surface area contributed by atoms with Crippen molar-refractivity contribution in [3.05, 3.63) is 66.2 Å². The molecular weight excluding hydrogens is 395 g/mol. The van der Waals surface area contributed by atoms with E-state index in [1.54, 1.807) is 19.4 Å². The van der Waals surface area contributed by atoms with Crippen LogP contribution in [-0.2, 0) is 15.1 Å². The lowest BCUT2D eigenvalue weighted by Gasteiger charge is -2.44. The Kier molecular flexibility index (Phi) is 6.54. The first-order valence-electron chi connectivity index (χ1n) is 10.3. The number of hydrogen-bond donors (Lipinski definition) is 1. The largest absolute Gasteiger partial charge is 0.468 e. The lowest BCUT2D eigenvalue weighted by atomic mass is 9.98. The quantitative estimate of drug-likeness (QED) is 0.533. The summed E-state index contributed by atoms with van der Waals surface area (Å²) in [5, 5.41) is 0.810. The third-order valence-corrected chi connectivity index (χ3v) is 7.31. The van der Waals surface area contributed by atoms with Crippen LogP contribution in [0.5, 0.6) is 5.75 Å². The molecule has 1 saturated heterocycles. The minimum Gasteiger partial charge on any atom is -0.468 e. The second kappa shape index (κ2) is 8.79. The Hall–Kier alpha value is -2.36. The monoisotopic (exact) mass is 426 g/mol. The number of ether oxygens (including phenoxy) is 1. The average Bonchev–Trinajstić information content (AvgIpc) is 2.73. The molecular formula is C24H31N2O3P. The van der Waals surface area contributed by atoms with Gasteiger partial charge in [0, 0.05) is 35.1 Å². The number of carbonyl (C=O) groups is 1. The maximum atomic E-state index is 13.1. The number of hydrogen-bond acceptors (Lipinski definition) is 4. The van der Waals surface area contributed by atoms with Gasteiger partial charge in [-0.05, 0) is 39.2 Å². The van der Waals surface area contributed by atoms with Crippen LogP contribution in [0.15, 0.2) is 55.1 Å². The molecule has 1 aliphatic rings. The molecule has 3 rings (SSSR count). The Morgan fingerprint density at radius 2 is 1.67 bits per heavy atom. The number of carbonyl (C=O) groups excluding carboxylic acids is 1. The summed E-state index contributed by atoms with van der Waals surface area (Å²) in [7, 11) is -2.55. The lowest BCUT2D eigenvalue weighted by Crippen LogP contribution is -2.52. The summed E-state index contributed by atoms with van der Waals surface area (Å²) in [5.74, 6) is -0.0519. The van der Waals surface area contributed by atoms with E-state index < -0.39 is 18.8 Å². The molecule has 2 N–H and O–H groups in total. The van der Waals surface area contributed by atoms with Crippen LogP contribution >= 0.6 is 7.14 Å². The van der Waals surface area contributed by atoms with Crippen LogP contribution in [0.1, 0.15) is 37.3 Å². The molecule has 0 aromatic heterocycles. The average molecular weight is 426 g/mol. The Bertz CT molecular complexity index is 991. The number of likely N-dealkylation sites (tertiary alicyclic amines) is 1. The van der Waals surface area contributed by atoms with Gasteiger partial charge in [0.15, 0.2) is 5.72 Å². The van der Waals surface area contributed by atoms with E-state index in [1.807, 2.05) is 49.4 Å². The number of nitrogens with zero attached hydrogens (tertiary/aromatic N) is 1. The van der Waals surface area contributed by atoms with Crippen LogP contribution in [0.2, 0.25) is 0 Å². The van der Waals surface area contributed by atoms with Gasteiger partial charge < -0.3 is 15.0 Å². The molecule has 1 amide bonds. The van der Waals surface area contributed by atoms with Gasteiger partial charge in [-0.15, -0.1) is 0 Å². The molecule has 0 aliphatic carbocycles. The third-order valence-electron chi connectivity index (χ3n) is 5.76. The summed E-state index contributed by atoms with van der Waals surface area (Å²) < 4.78 is 19.8. The van der Waals surface area contributed by atoms with Crippen LogP contribution in [-0.4, -0.2) is 37.2 Å². The van der Waals surface area contributed by atoms with Crippen molar-refractivity contribution in [3.8, 4) is 5.75 Å². The van der Waals surface area contributed by atoms with Gasteiger partial charge >= 0.3 is 0 Å². The first-order valence-corrected chi connectivity index (χ1v) is 12.9. The maximum absolute atomic E-state index is 13.1. The Morgan fingerprint density at radius 3 is 2.30 bits per heavy atom. The van der Waals surface area contributed by atoms with Crippen molar-refractivity contribution < 1.29 is 14.1 Å². The highest BCUT2D eigenvalue weighted by atomic mass is 31.2. The summed E-state index contributed by atoms with van der Waals surface area (Å²) in [4.78, 5) is 14.1. The van der Waals surface area contributed by atoms with Gasteiger partial charge in [-0.1, -0.05) is 55.5 Å². The smallest absolute Gasteiger partial charge is 0.248 e. The van der Waals surface area contributed by atoms with Gasteiger partial charge in [0.1, 0.15) is 12.9 Å². The van der Waals surface area contributed by atoms with Crippen molar-refractivity contribution in [2.45, 2.75) is 31.9 Å². The van der Waals surface area contributed by atoms with Crippen molar-refractivity contribution in [3.63, 3.8) is 0 Å². The number of amides is 1. The van der Waals surface area contributed by atoms with E-state index in [0.29, 0.717) is 11.3 Å². The van der Waals surface area contributed by atoms with Crippen molar-refractivity contribution in [1.29, 1.82) is 0 Å². The van der Waals surface area contributed by atoms with E-state index in [1.165, 1.54) is 6.42 Å². The van der Waals surface area contributed by atoms with E-state index in [4.69, 9.17) is 10.5 Å². The van der Waals surface area contributed by atoms with Crippen LogP contribution < -0.4 is 15.8 Å². The Labute approximate surface area is 179 Å². The molecule has 1 fully saturated rings. The number of nitrogens with two attached hydrogens (primary N) is 1. The molecule has 2 aromatic rings. The predicted octanol–water partition coefficient (Wildman–Crippen LogP) is 4.17. The minimum atomic E-state index is -2.55. The highest BCUT2D eigenvalue weighted by Gasteiger charge is 2.40. The van der Waals surface area contributed by atoms with E-state index in [0.717, 1.165) is 36.8 Å². The van der Waals surface area contributed by atoms with Crippen LogP contribution in [0, 0.1) is 0 Å². The molecule has 6 heteroatoms. The zero-order chi connectivity index (χ0) is 21.9. The van der Waals surface area contributed by atoms with Gasteiger partial charge in [0.25, 0.3) is 0 Å². The predicted molar refractivity (Wildman–Crippen MR) is 124 cm³/mol. The lowest BCUT2D eigenvalue weighted by molar-refractivity contribution is -0.112. The Balaban J connectivity index is 2.16. The van der Waals surface area contributed by atoms with Crippen LogP contribution in [0.4, 0.5) is 0 Å². The van der Waals surface area contributed by atoms with E-state index >= 15 is 0 Å². The third kappa shape index (κ3) is 4.53. The fourth-order valence-corrected chi connectivity index (χ4v) is 5.40. The number of rotatable bonds is 7. The number of piperidine rings is 1. The number of benzene rings is 2. The topological polar surface area (TPSA) is 72.6 Å². The molecule has 160 valence electrons. The van der Waals surface area contributed by atoms with Gasteiger partial charge in [0.05, 0.1) is 0 Å². The second-order valence-electron chi connectivity index (χ2n) is 8.34. The molecule has 1 unspecified atom stereocenters. The molecule has 0 spiro atoms. The molecule has 0 saturated carbocycles. The summed E-state index contributed by atoms with van der Waals surface area (Å²) in [6.07, 6.45) is 3.34. The van der Waals surface area contributed by atoms with E-state index in [-0.39, 0.29) is 5.57 Å². The van der Waals surface area contributed by atoms with Crippen molar-refractivity contribution in [1.82, 2.24) is 4.90 Å². The first-order chi connectivity index (χ1) is 14.1. The molecule has 1 atom stereocenters. The fraction of sp³-hybridized carbons (Fsp3) is 0.375. The van der Waals surface area contributed by atoms with Crippen LogP contribution in [0.25, 0.3) is 5.57 Å². The van der Waals surface area contributed by atoms with Gasteiger partial charge in [-0.3, -0.25) is 9.69 Å². The summed E-state index contributed by atoms with van der Waals surface area (Å²) in [6, 6.07) is 15.1. The fourth-order valence-electron chi connectivity index (χ4n) is 4.10. The van der Waals surface area contributed by atoms with E-state index in [2.05, 4.69) is 11.5 Å². The van der Waals surface area contributed by atoms with E-state index in [9.17, 15) is 9.36 Å². The zero-order valence-electron chi connectivity index (χ0n) is 18.1. The summed E-state index contributed by atoms with van der Waals surface area (Å²) >= 11 is 0. The molecule has 0 bridgehead atoms. The van der Waals surface area contributed by atoms with Crippen molar-refractivity contribution in [2.75, 3.05) is 26.4 Å². The van der Waals surface area contributed by atoms with Gasteiger partial charge in [-0.25, -0.2) is 0 Å². The Morgan fingerprint density at radius 1 is 1.07 bits per heavy atom.